The van der Waals surface area contributed by atoms with E-state index in [2.05, 4.69) is 0 Å². The zero-order chi connectivity index (χ0) is 15.7. The maximum absolute atomic E-state index is 12.3. The minimum absolute atomic E-state index is 0.0254. The molecule has 2 unspecified atom stereocenters. The number of amides is 2. The van der Waals surface area contributed by atoms with Crippen molar-refractivity contribution in [2.24, 2.45) is 11.8 Å². The average Bonchev–Trinajstić information content (AvgIpc) is 3.35. The molecule has 0 spiro atoms. The third-order valence-electron chi connectivity index (χ3n) is 4.32. The van der Waals surface area contributed by atoms with Gasteiger partial charge in [0.2, 0.25) is 5.91 Å². The van der Waals surface area contributed by atoms with Crippen LogP contribution in [-0.2, 0) is 9.59 Å². The van der Waals surface area contributed by atoms with Gasteiger partial charge in [-0.2, -0.15) is 0 Å². The van der Waals surface area contributed by atoms with E-state index in [4.69, 9.17) is 5.11 Å². The van der Waals surface area contributed by atoms with Gasteiger partial charge in [0, 0.05) is 31.7 Å². The molecule has 1 aromatic rings. The summed E-state index contributed by atoms with van der Waals surface area (Å²) in [6.45, 7) is 1.92. The Morgan fingerprint density at radius 3 is 2.05 bits per heavy atom. The van der Waals surface area contributed by atoms with E-state index in [1.54, 1.807) is 21.9 Å². The van der Waals surface area contributed by atoms with Crippen LogP contribution in [0.5, 0.6) is 0 Å². The molecule has 1 aromatic carbocycles. The SMILES string of the molecule is O=C(O)C1CC1C(=O)N1CCN(C(=O)c2ccccc2)CC1. The van der Waals surface area contributed by atoms with E-state index in [1.165, 1.54) is 0 Å². The maximum Gasteiger partial charge on any atom is 0.307 e. The summed E-state index contributed by atoms with van der Waals surface area (Å²) < 4.78 is 0. The number of benzene rings is 1. The van der Waals surface area contributed by atoms with E-state index in [0.29, 0.717) is 38.2 Å². The van der Waals surface area contributed by atoms with E-state index in [1.807, 2.05) is 18.2 Å². The topological polar surface area (TPSA) is 77.9 Å². The molecular weight excluding hydrogens is 284 g/mol. The van der Waals surface area contributed by atoms with Gasteiger partial charge in [-0.15, -0.1) is 0 Å². The molecule has 3 rings (SSSR count). The Bertz CT molecular complexity index is 593. The summed E-state index contributed by atoms with van der Waals surface area (Å²) in [6, 6.07) is 9.07. The van der Waals surface area contributed by atoms with Gasteiger partial charge in [-0.1, -0.05) is 18.2 Å². The summed E-state index contributed by atoms with van der Waals surface area (Å²) in [4.78, 5) is 38.7. The molecule has 2 aliphatic rings. The van der Waals surface area contributed by atoms with Gasteiger partial charge in [0.15, 0.2) is 0 Å². The lowest BCUT2D eigenvalue weighted by molar-refractivity contribution is -0.142. The third-order valence-corrected chi connectivity index (χ3v) is 4.32. The number of carboxylic acid groups (broad SMARTS) is 1. The van der Waals surface area contributed by atoms with Gasteiger partial charge in [-0.05, 0) is 18.6 Å². The Morgan fingerprint density at radius 1 is 0.909 bits per heavy atom. The molecule has 1 saturated carbocycles. The van der Waals surface area contributed by atoms with Crippen LogP contribution in [0.1, 0.15) is 16.8 Å². The fourth-order valence-electron chi connectivity index (χ4n) is 2.87. The minimum atomic E-state index is -0.892. The lowest BCUT2D eigenvalue weighted by Gasteiger charge is -2.35. The number of rotatable bonds is 3. The lowest BCUT2D eigenvalue weighted by atomic mass is 10.1. The highest BCUT2D eigenvalue weighted by Crippen LogP contribution is 2.40. The summed E-state index contributed by atoms with van der Waals surface area (Å²) in [6.07, 6.45) is 0.442. The second-order valence-corrected chi connectivity index (χ2v) is 5.77. The van der Waals surface area contributed by atoms with Gasteiger partial charge in [0.25, 0.3) is 5.91 Å². The predicted molar refractivity (Wildman–Crippen MR) is 78.2 cm³/mol. The zero-order valence-electron chi connectivity index (χ0n) is 12.1. The molecule has 1 saturated heterocycles. The largest absolute Gasteiger partial charge is 0.481 e. The van der Waals surface area contributed by atoms with E-state index in [9.17, 15) is 14.4 Å². The van der Waals surface area contributed by atoms with Crippen LogP contribution in [0.25, 0.3) is 0 Å². The van der Waals surface area contributed by atoms with Crippen LogP contribution < -0.4 is 0 Å². The molecule has 0 radical (unpaired) electrons. The Morgan fingerprint density at radius 2 is 1.50 bits per heavy atom. The van der Waals surface area contributed by atoms with E-state index in [-0.39, 0.29) is 17.7 Å². The van der Waals surface area contributed by atoms with Crippen LogP contribution in [0.3, 0.4) is 0 Å². The molecule has 2 amide bonds. The zero-order valence-corrected chi connectivity index (χ0v) is 12.1. The molecule has 2 atom stereocenters. The second-order valence-electron chi connectivity index (χ2n) is 5.77. The number of nitrogens with zero attached hydrogens (tertiary/aromatic N) is 2. The Balaban J connectivity index is 1.54. The average molecular weight is 302 g/mol. The van der Waals surface area contributed by atoms with E-state index in [0.717, 1.165) is 0 Å². The highest BCUT2D eigenvalue weighted by atomic mass is 16.4. The monoisotopic (exact) mass is 302 g/mol. The van der Waals surface area contributed by atoms with Gasteiger partial charge in [0.05, 0.1) is 11.8 Å². The van der Waals surface area contributed by atoms with Gasteiger partial charge in [-0.3, -0.25) is 14.4 Å². The smallest absolute Gasteiger partial charge is 0.307 e. The fourth-order valence-corrected chi connectivity index (χ4v) is 2.87. The number of carbonyl (C=O) groups is 3. The molecular formula is C16H18N2O4. The van der Waals surface area contributed by atoms with Crippen molar-refractivity contribution in [2.45, 2.75) is 6.42 Å². The van der Waals surface area contributed by atoms with Crippen molar-refractivity contribution in [3.63, 3.8) is 0 Å². The van der Waals surface area contributed by atoms with Crippen LogP contribution in [0.4, 0.5) is 0 Å². The highest BCUT2D eigenvalue weighted by Gasteiger charge is 2.50. The molecule has 2 fully saturated rings. The molecule has 22 heavy (non-hydrogen) atoms. The number of hydrogen-bond acceptors (Lipinski definition) is 3. The van der Waals surface area contributed by atoms with Gasteiger partial charge >= 0.3 is 5.97 Å². The number of hydrogen-bond donors (Lipinski definition) is 1. The number of carboxylic acids is 1. The molecule has 0 aromatic heterocycles. The molecule has 1 aliphatic carbocycles. The first kappa shape index (κ1) is 14.6. The van der Waals surface area contributed by atoms with Crippen molar-refractivity contribution in [1.29, 1.82) is 0 Å². The molecule has 0 bridgehead atoms. The van der Waals surface area contributed by atoms with Crippen molar-refractivity contribution in [1.82, 2.24) is 9.80 Å². The molecule has 6 heteroatoms. The Labute approximate surface area is 128 Å². The molecule has 116 valence electrons. The Kier molecular flexibility index (Phi) is 3.83. The van der Waals surface area contributed by atoms with Crippen molar-refractivity contribution in [2.75, 3.05) is 26.2 Å². The van der Waals surface area contributed by atoms with Crippen LogP contribution >= 0.6 is 0 Å². The van der Waals surface area contributed by atoms with Crippen LogP contribution in [0, 0.1) is 11.8 Å². The Hall–Kier alpha value is -2.37. The van der Waals surface area contributed by atoms with Gasteiger partial charge in [-0.25, -0.2) is 0 Å². The van der Waals surface area contributed by atoms with Gasteiger partial charge < -0.3 is 14.9 Å². The number of carbonyl (C=O) groups excluding carboxylic acids is 2. The van der Waals surface area contributed by atoms with Crippen molar-refractivity contribution in [3.05, 3.63) is 35.9 Å². The summed E-state index contributed by atoms with van der Waals surface area (Å²) in [7, 11) is 0. The number of piperazine rings is 1. The summed E-state index contributed by atoms with van der Waals surface area (Å²) in [5.74, 6) is -1.89. The fraction of sp³-hybridized carbons (Fsp3) is 0.438. The van der Waals surface area contributed by atoms with Crippen LogP contribution in [0.15, 0.2) is 30.3 Å². The molecule has 6 nitrogen and oxygen atoms in total. The summed E-state index contributed by atoms with van der Waals surface area (Å²) in [5.41, 5.74) is 0.649. The first-order valence-corrected chi connectivity index (χ1v) is 7.44. The van der Waals surface area contributed by atoms with Crippen molar-refractivity contribution >= 4 is 17.8 Å². The number of aliphatic carboxylic acids is 1. The summed E-state index contributed by atoms with van der Waals surface area (Å²) >= 11 is 0. The van der Waals surface area contributed by atoms with Crippen molar-refractivity contribution < 1.29 is 19.5 Å². The van der Waals surface area contributed by atoms with Crippen LogP contribution in [0.2, 0.25) is 0 Å². The first-order chi connectivity index (χ1) is 10.6. The molecule has 1 heterocycles. The molecule has 1 aliphatic heterocycles. The van der Waals surface area contributed by atoms with Gasteiger partial charge in [0.1, 0.15) is 0 Å². The summed E-state index contributed by atoms with van der Waals surface area (Å²) in [5, 5.41) is 8.89. The second kappa shape index (κ2) is 5.79. The van der Waals surface area contributed by atoms with E-state index < -0.39 is 11.9 Å². The van der Waals surface area contributed by atoms with E-state index >= 15 is 0 Å². The highest BCUT2D eigenvalue weighted by molar-refractivity contribution is 5.94. The standard InChI is InChI=1S/C16H18N2O4/c19-14(11-4-2-1-3-5-11)17-6-8-18(9-7-17)15(20)12-10-13(12)16(21)22/h1-5,12-13H,6-10H2,(H,21,22). The first-order valence-electron chi connectivity index (χ1n) is 7.44. The normalized spacial score (nSPS) is 24.0. The third kappa shape index (κ3) is 2.81. The van der Waals surface area contributed by atoms with Crippen molar-refractivity contribution in [3.8, 4) is 0 Å². The minimum Gasteiger partial charge on any atom is -0.481 e. The quantitative estimate of drug-likeness (QED) is 0.891. The predicted octanol–water partition coefficient (Wildman–Crippen LogP) is 0.692. The van der Waals surface area contributed by atoms with Crippen LogP contribution in [-0.4, -0.2) is 58.9 Å². The maximum atomic E-state index is 12.3. The molecule has 1 N–H and O–H groups in total. The lowest BCUT2D eigenvalue weighted by Crippen LogP contribution is -2.51.